The second-order valence-corrected chi connectivity index (χ2v) is 9.72. The van der Waals surface area contributed by atoms with Gasteiger partial charge in [-0.1, -0.05) is 43.8 Å². The number of benzene rings is 2. The molecule has 8 nitrogen and oxygen atoms in total. The Kier molecular flexibility index (Phi) is 8.30. The van der Waals surface area contributed by atoms with Gasteiger partial charge in [-0.05, 0) is 62.8 Å². The fourth-order valence-electron chi connectivity index (χ4n) is 4.02. The zero-order valence-electron chi connectivity index (χ0n) is 20.5. The fraction of sp³-hybridized carbons (Fsp3) is 0.423. The number of ether oxygens (including phenoxy) is 2. The number of fused-ring (bicyclic) bond motifs is 2. The van der Waals surface area contributed by atoms with Crippen LogP contribution in [0.1, 0.15) is 32.8 Å². The van der Waals surface area contributed by atoms with E-state index in [1.54, 1.807) is 4.57 Å². The van der Waals surface area contributed by atoms with Crippen molar-refractivity contribution in [2.45, 2.75) is 50.7 Å². The van der Waals surface area contributed by atoms with Gasteiger partial charge in [-0.25, -0.2) is 4.98 Å². The van der Waals surface area contributed by atoms with Gasteiger partial charge in [-0.15, -0.1) is 0 Å². The second-order valence-electron chi connectivity index (χ2n) is 8.41. The Morgan fingerprint density at radius 3 is 2.74 bits per heavy atom. The lowest BCUT2D eigenvalue weighted by atomic mass is 10.2. The summed E-state index contributed by atoms with van der Waals surface area (Å²) in [4.78, 5) is 33.3. The number of thioether (sulfide) groups is 1. The average Bonchev–Trinajstić information content (AvgIpc) is 3.34. The number of rotatable bonds is 11. The summed E-state index contributed by atoms with van der Waals surface area (Å²) in [5.41, 5.74) is 1.51. The molecule has 0 saturated carbocycles. The van der Waals surface area contributed by atoms with Crippen molar-refractivity contribution >= 4 is 28.6 Å². The lowest BCUT2D eigenvalue weighted by Gasteiger charge is -2.20. The van der Waals surface area contributed by atoms with E-state index >= 15 is 0 Å². The molecule has 0 saturated heterocycles. The van der Waals surface area contributed by atoms with E-state index in [9.17, 15) is 9.59 Å². The van der Waals surface area contributed by atoms with Gasteiger partial charge in [0.1, 0.15) is 0 Å². The predicted molar refractivity (Wildman–Crippen MR) is 138 cm³/mol. The third kappa shape index (κ3) is 5.97. The van der Waals surface area contributed by atoms with Gasteiger partial charge >= 0.3 is 0 Å². The lowest BCUT2D eigenvalue weighted by Crippen LogP contribution is -2.32. The molecule has 1 atom stereocenters. The van der Waals surface area contributed by atoms with Crippen molar-refractivity contribution in [3.8, 4) is 11.5 Å². The van der Waals surface area contributed by atoms with E-state index in [1.807, 2.05) is 49.4 Å². The molecule has 2 heterocycles. The van der Waals surface area contributed by atoms with Crippen LogP contribution in [0.15, 0.2) is 52.4 Å². The molecule has 4 rings (SSSR count). The van der Waals surface area contributed by atoms with Crippen LogP contribution < -0.4 is 20.3 Å². The summed E-state index contributed by atoms with van der Waals surface area (Å²) in [6.45, 7) is 10.1. The molecule has 1 aliphatic heterocycles. The second kappa shape index (κ2) is 11.6. The Morgan fingerprint density at radius 1 is 1.17 bits per heavy atom. The summed E-state index contributed by atoms with van der Waals surface area (Å²) in [6.07, 6.45) is 0.833. The Balaban J connectivity index is 1.47. The van der Waals surface area contributed by atoms with Crippen LogP contribution in [0, 0.1) is 0 Å². The van der Waals surface area contributed by atoms with Crippen LogP contribution in [0.4, 0.5) is 0 Å². The van der Waals surface area contributed by atoms with Crippen LogP contribution in [0.5, 0.6) is 11.5 Å². The van der Waals surface area contributed by atoms with Crippen molar-refractivity contribution in [2.24, 2.45) is 0 Å². The summed E-state index contributed by atoms with van der Waals surface area (Å²) in [6, 6.07) is 13.0. The normalized spacial score (nSPS) is 13.4. The third-order valence-electron chi connectivity index (χ3n) is 6.13. The fourth-order valence-corrected chi connectivity index (χ4v) is 4.98. The quantitative estimate of drug-likeness (QED) is 0.320. The maximum atomic E-state index is 13.3. The first kappa shape index (κ1) is 25.1. The number of nitrogens with one attached hydrogen (secondary N) is 1. The number of aromatic nitrogens is 2. The smallest absolute Gasteiger partial charge is 0.262 e. The van der Waals surface area contributed by atoms with Crippen molar-refractivity contribution in [3.63, 3.8) is 0 Å². The summed E-state index contributed by atoms with van der Waals surface area (Å²) < 4.78 is 12.5. The maximum Gasteiger partial charge on any atom is 0.262 e. The predicted octanol–water partition coefficient (Wildman–Crippen LogP) is 3.65. The third-order valence-corrected chi connectivity index (χ3v) is 7.22. The minimum atomic E-state index is -0.425. The van der Waals surface area contributed by atoms with Crippen LogP contribution in [0.3, 0.4) is 0 Å². The molecule has 1 N–H and O–H groups in total. The Morgan fingerprint density at radius 2 is 1.94 bits per heavy atom. The Bertz CT molecular complexity index is 1240. The Hall–Kier alpha value is -3.04. The number of hydrogen-bond acceptors (Lipinski definition) is 7. The zero-order valence-corrected chi connectivity index (χ0v) is 21.3. The molecule has 3 aromatic rings. The maximum absolute atomic E-state index is 13.3. The van der Waals surface area contributed by atoms with Gasteiger partial charge in [0.2, 0.25) is 12.7 Å². The standard InChI is InChI=1S/C26H32N4O4S/c1-4-29(5-2)13-8-14-30-25(32)20-9-6-7-10-21(20)28-26(30)35-18(3)24(31)27-16-19-11-12-22-23(15-19)34-17-33-22/h6-7,9-12,15,18H,4-5,8,13-14,16-17H2,1-3H3,(H,27,31). The average molecular weight is 497 g/mol. The van der Waals surface area contributed by atoms with Gasteiger partial charge in [-0.2, -0.15) is 0 Å². The van der Waals surface area contributed by atoms with Gasteiger partial charge in [0, 0.05) is 13.1 Å². The highest BCUT2D eigenvalue weighted by Crippen LogP contribution is 2.32. The number of carbonyl (C=O) groups excluding carboxylic acids is 1. The van der Waals surface area contributed by atoms with Gasteiger partial charge in [0.15, 0.2) is 16.7 Å². The molecule has 0 radical (unpaired) electrons. The molecule has 1 aliphatic rings. The van der Waals surface area contributed by atoms with Crippen molar-refractivity contribution in [1.29, 1.82) is 0 Å². The first-order chi connectivity index (χ1) is 17.0. The van der Waals surface area contributed by atoms with E-state index in [-0.39, 0.29) is 18.3 Å². The molecular weight excluding hydrogens is 464 g/mol. The number of para-hydroxylation sites is 1. The first-order valence-corrected chi connectivity index (χ1v) is 12.9. The molecule has 1 amide bonds. The topological polar surface area (TPSA) is 85.7 Å². The van der Waals surface area contributed by atoms with Gasteiger partial charge in [0.25, 0.3) is 5.56 Å². The molecule has 0 spiro atoms. The lowest BCUT2D eigenvalue weighted by molar-refractivity contribution is -0.120. The van der Waals surface area contributed by atoms with E-state index < -0.39 is 5.25 Å². The highest BCUT2D eigenvalue weighted by molar-refractivity contribution is 8.00. The summed E-state index contributed by atoms with van der Waals surface area (Å²) in [5.74, 6) is 1.28. The molecule has 186 valence electrons. The molecule has 9 heteroatoms. The monoisotopic (exact) mass is 496 g/mol. The SMILES string of the molecule is CCN(CC)CCCn1c(SC(C)C(=O)NCc2ccc3c(c2)OCO3)nc2ccccc2c1=O. The largest absolute Gasteiger partial charge is 0.454 e. The van der Waals surface area contributed by atoms with E-state index in [0.717, 1.165) is 31.6 Å². The van der Waals surface area contributed by atoms with Crippen molar-refractivity contribution < 1.29 is 14.3 Å². The molecule has 35 heavy (non-hydrogen) atoms. The molecule has 1 unspecified atom stereocenters. The number of amides is 1. The highest BCUT2D eigenvalue weighted by atomic mass is 32.2. The van der Waals surface area contributed by atoms with Crippen LogP contribution >= 0.6 is 11.8 Å². The van der Waals surface area contributed by atoms with Crippen LogP contribution in [0.2, 0.25) is 0 Å². The molecular formula is C26H32N4O4S. The molecule has 1 aromatic heterocycles. The molecule has 0 aliphatic carbocycles. The van der Waals surface area contributed by atoms with E-state index in [2.05, 4.69) is 24.1 Å². The highest BCUT2D eigenvalue weighted by Gasteiger charge is 2.20. The number of hydrogen-bond donors (Lipinski definition) is 1. The van der Waals surface area contributed by atoms with Gasteiger partial charge in [0.05, 0.1) is 16.2 Å². The van der Waals surface area contributed by atoms with Crippen molar-refractivity contribution in [2.75, 3.05) is 26.4 Å². The number of nitrogens with zero attached hydrogens (tertiary/aromatic N) is 3. The van der Waals surface area contributed by atoms with Crippen molar-refractivity contribution in [1.82, 2.24) is 19.8 Å². The van der Waals surface area contributed by atoms with Gasteiger partial charge in [-0.3, -0.25) is 14.2 Å². The molecule has 0 fully saturated rings. The van der Waals surface area contributed by atoms with E-state index in [4.69, 9.17) is 14.5 Å². The number of carbonyl (C=O) groups is 1. The van der Waals surface area contributed by atoms with Crippen LogP contribution in [-0.2, 0) is 17.9 Å². The van der Waals surface area contributed by atoms with Crippen LogP contribution in [-0.4, -0.2) is 52.0 Å². The van der Waals surface area contributed by atoms with Crippen molar-refractivity contribution in [3.05, 3.63) is 58.4 Å². The summed E-state index contributed by atoms with van der Waals surface area (Å²) >= 11 is 1.31. The zero-order chi connectivity index (χ0) is 24.8. The van der Waals surface area contributed by atoms with Gasteiger partial charge < -0.3 is 19.7 Å². The summed E-state index contributed by atoms with van der Waals surface area (Å²) in [7, 11) is 0. The minimum Gasteiger partial charge on any atom is -0.454 e. The van der Waals surface area contributed by atoms with Crippen LogP contribution in [0.25, 0.3) is 10.9 Å². The van der Waals surface area contributed by atoms with E-state index in [1.165, 1.54) is 11.8 Å². The minimum absolute atomic E-state index is 0.0642. The molecule has 0 bridgehead atoms. The Labute approximate surface area is 209 Å². The van der Waals surface area contributed by atoms with E-state index in [0.29, 0.717) is 40.6 Å². The molecule has 2 aromatic carbocycles. The first-order valence-electron chi connectivity index (χ1n) is 12.0. The summed E-state index contributed by atoms with van der Waals surface area (Å²) in [5, 5.41) is 3.72.